The van der Waals surface area contributed by atoms with E-state index in [1.807, 2.05) is 0 Å². The van der Waals surface area contributed by atoms with Gasteiger partial charge in [-0.2, -0.15) is 13.5 Å². The number of hydrogen-bond acceptors (Lipinski definition) is 4. The lowest BCUT2D eigenvalue weighted by molar-refractivity contribution is -0.118. The minimum atomic E-state index is -3.71. The molecular weight excluding hydrogens is 292 g/mol. The smallest absolute Gasteiger partial charge is 0.278 e. The van der Waals surface area contributed by atoms with Crippen LogP contribution in [0.2, 0.25) is 0 Å². The number of nitrogens with zero attached hydrogens (tertiary/aromatic N) is 1. The lowest BCUT2D eigenvalue weighted by atomic mass is 10.2. The van der Waals surface area contributed by atoms with Crippen molar-refractivity contribution in [1.29, 1.82) is 0 Å². The van der Waals surface area contributed by atoms with Crippen LogP contribution in [0.15, 0.2) is 41.6 Å². The van der Waals surface area contributed by atoms with Crippen LogP contribution in [0.4, 0.5) is 11.4 Å². The highest BCUT2D eigenvalue weighted by atomic mass is 32.2. The third-order valence-corrected chi connectivity index (χ3v) is 3.98. The second-order valence-corrected chi connectivity index (χ2v) is 6.40. The highest BCUT2D eigenvalue weighted by Gasteiger charge is 2.15. The molecule has 0 unspecified atom stereocenters. The maximum Gasteiger partial charge on any atom is 0.278 e. The van der Waals surface area contributed by atoms with Crippen LogP contribution in [0.1, 0.15) is 13.8 Å². The monoisotopic (exact) mass is 308 g/mol. The summed E-state index contributed by atoms with van der Waals surface area (Å²) in [5.41, 5.74) is 0.879. The summed E-state index contributed by atoms with van der Waals surface area (Å²) in [6.45, 7) is 3.56. The van der Waals surface area contributed by atoms with E-state index >= 15 is 0 Å². The molecule has 1 amide bonds. The maximum absolute atomic E-state index is 12.0. The normalized spacial score (nSPS) is 11.4. The van der Waals surface area contributed by atoms with Crippen molar-refractivity contribution in [3.8, 4) is 0 Å². The number of rotatable bonds is 5. The van der Waals surface area contributed by atoms with Crippen LogP contribution in [0.3, 0.4) is 0 Å². The summed E-state index contributed by atoms with van der Waals surface area (Å²) in [7, 11) is -3.71. The predicted octanol–water partition coefficient (Wildman–Crippen LogP) is 1.80. The van der Waals surface area contributed by atoms with Crippen LogP contribution in [-0.2, 0) is 14.8 Å². The van der Waals surface area contributed by atoms with Gasteiger partial charge in [0.05, 0.1) is 11.9 Å². The van der Waals surface area contributed by atoms with E-state index < -0.39 is 10.0 Å². The number of aromatic nitrogens is 2. The molecule has 0 atom stereocenters. The minimum absolute atomic E-state index is 0.0286. The van der Waals surface area contributed by atoms with Gasteiger partial charge in [-0.05, 0) is 24.3 Å². The fourth-order valence-corrected chi connectivity index (χ4v) is 2.51. The Labute approximate surface area is 122 Å². The molecule has 8 heteroatoms. The molecule has 21 heavy (non-hydrogen) atoms. The molecule has 7 nitrogen and oxygen atoms in total. The number of amides is 1. The summed E-state index contributed by atoms with van der Waals surface area (Å²) in [4.78, 5) is 11.6. The molecule has 112 valence electrons. The van der Waals surface area contributed by atoms with Gasteiger partial charge in [-0.15, -0.1) is 0 Å². The van der Waals surface area contributed by atoms with E-state index in [4.69, 9.17) is 0 Å². The molecule has 0 spiro atoms. The van der Waals surface area contributed by atoms with E-state index in [9.17, 15) is 13.2 Å². The van der Waals surface area contributed by atoms with Gasteiger partial charge in [0.2, 0.25) is 5.91 Å². The predicted molar refractivity (Wildman–Crippen MR) is 79.3 cm³/mol. The first-order valence-corrected chi connectivity index (χ1v) is 7.80. The number of nitrogens with one attached hydrogen (secondary N) is 3. The first kappa shape index (κ1) is 15.0. The third kappa shape index (κ3) is 3.82. The number of aromatic amines is 1. The number of anilines is 2. The lowest BCUT2D eigenvalue weighted by Crippen LogP contribution is -2.18. The number of carbonyl (C=O) groups excluding carboxylic acids is 1. The van der Waals surface area contributed by atoms with Crippen molar-refractivity contribution in [2.75, 3.05) is 10.0 Å². The molecule has 0 saturated heterocycles. The average molecular weight is 308 g/mol. The molecule has 2 rings (SSSR count). The van der Waals surface area contributed by atoms with Gasteiger partial charge < -0.3 is 5.32 Å². The number of benzene rings is 1. The Kier molecular flexibility index (Phi) is 4.27. The Balaban J connectivity index is 2.17. The molecular formula is C13H16N4O3S. The fourth-order valence-electron chi connectivity index (χ4n) is 1.55. The van der Waals surface area contributed by atoms with Crippen LogP contribution in [0.5, 0.6) is 0 Å². The molecule has 0 fully saturated rings. The molecule has 2 aromatic rings. The molecule has 0 radical (unpaired) electrons. The topological polar surface area (TPSA) is 104 Å². The average Bonchev–Trinajstić information content (AvgIpc) is 2.93. The molecule has 1 aromatic heterocycles. The second kappa shape index (κ2) is 5.96. The third-order valence-electron chi connectivity index (χ3n) is 2.67. The van der Waals surface area contributed by atoms with Crippen molar-refractivity contribution < 1.29 is 13.2 Å². The van der Waals surface area contributed by atoms with E-state index in [0.29, 0.717) is 11.4 Å². The molecule has 0 saturated carbocycles. The van der Waals surface area contributed by atoms with Gasteiger partial charge in [0.25, 0.3) is 10.0 Å². The first-order valence-electron chi connectivity index (χ1n) is 6.31. The summed E-state index contributed by atoms with van der Waals surface area (Å²) < 4.78 is 26.5. The second-order valence-electron chi connectivity index (χ2n) is 4.75. The Hall–Kier alpha value is -2.35. The summed E-state index contributed by atoms with van der Waals surface area (Å²) in [5, 5.41) is 8.67. The van der Waals surface area contributed by atoms with Gasteiger partial charge in [-0.3, -0.25) is 14.6 Å². The zero-order valence-electron chi connectivity index (χ0n) is 11.6. The van der Waals surface area contributed by atoms with Crippen molar-refractivity contribution in [3.05, 3.63) is 36.5 Å². The number of H-pyrrole nitrogens is 1. The number of sulfonamides is 1. The van der Waals surface area contributed by atoms with Gasteiger partial charge >= 0.3 is 0 Å². The summed E-state index contributed by atoms with van der Waals surface area (Å²) >= 11 is 0. The Morgan fingerprint density at radius 1 is 1.24 bits per heavy atom. The highest BCUT2D eigenvalue weighted by molar-refractivity contribution is 7.92. The molecule has 1 aromatic carbocycles. The molecule has 0 aliphatic rings. The van der Waals surface area contributed by atoms with Gasteiger partial charge in [-0.25, -0.2) is 0 Å². The fraction of sp³-hybridized carbons (Fsp3) is 0.231. The first-order chi connectivity index (χ1) is 9.88. The minimum Gasteiger partial charge on any atom is -0.326 e. The molecule has 0 aliphatic carbocycles. The van der Waals surface area contributed by atoms with E-state index in [0.717, 1.165) is 0 Å². The largest absolute Gasteiger partial charge is 0.326 e. The Morgan fingerprint density at radius 3 is 2.57 bits per heavy atom. The van der Waals surface area contributed by atoms with Gasteiger partial charge in [0, 0.05) is 11.6 Å². The van der Waals surface area contributed by atoms with Crippen molar-refractivity contribution in [3.63, 3.8) is 0 Å². The van der Waals surface area contributed by atoms with Gasteiger partial charge in [0.1, 0.15) is 0 Å². The van der Waals surface area contributed by atoms with Crippen LogP contribution in [-0.4, -0.2) is 24.5 Å². The van der Waals surface area contributed by atoms with E-state index in [2.05, 4.69) is 20.2 Å². The zero-order valence-corrected chi connectivity index (χ0v) is 12.4. The lowest BCUT2D eigenvalue weighted by Gasteiger charge is -2.10. The van der Waals surface area contributed by atoms with Gasteiger partial charge in [0.15, 0.2) is 5.03 Å². The summed E-state index contributed by atoms with van der Waals surface area (Å²) in [6, 6.07) is 7.84. The van der Waals surface area contributed by atoms with E-state index in [1.165, 1.54) is 12.3 Å². The van der Waals surface area contributed by atoms with Crippen LogP contribution in [0.25, 0.3) is 0 Å². The molecule has 0 aliphatic heterocycles. The standard InChI is InChI=1S/C13H16N4O3S/c1-9(2)13(18)15-10-4-3-5-11(8-10)17-21(19,20)12-6-7-14-16-12/h3-9,17H,1-2H3,(H,14,16)(H,15,18). The van der Waals surface area contributed by atoms with E-state index in [1.54, 1.807) is 38.1 Å². The Bertz CT molecular complexity index is 724. The zero-order chi connectivity index (χ0) is 15.5. The number of hydrogen-bond donors (Lipinski definition) is 3. The van der Waals surface area contributed by atoms with Crippen molar-refractivity contribution in [2.45, 2.75) is 18.9 Å². The van der Waals surface area contributed by atoms with Crippen molar-refractivity contribution >= 4 is 27.3 Å². The van der Waals surface area contributed by atoms with Crippen LogP contribution in [0, 0.1) is 5.92 Å². The Morgan fingerprint density at radius 2 is 1.95 bits per heavy atom. The maximum atomic E-state index is 12.0. The van der Waals surface area contributed by atoms with Crippen LogP contribution >= 0.6 is 0 Å². The molecule has 1 heterocycles. The molecule has 3 N–H and O–H groups in total. The van der Waals surface area contributed by atoms with E-state index in [-0.39, 0.29) is 16.9 Å². The van der Waals surface area contributed by atoms with Crippen LogP contribution < -0.4 is 10.0 Å². The summed E-state index contributed by atoms with van der Waals surface area (Å²) in [6.07, 6.45) is 1.36. The summed E-state index contributed by atoms with van der Waals surface area (Å²) in [5.74, 6) is -0.293. The SMILES string of the molecule is CC(C)C(=O)Nc1cccc(NS(=O)(=O)c2ccn[nH]2)c1. The molecule has 0 bridgehead atoms. The van der Waals surface area contributed by atoms with Crippen molar-refractivity contribution in [2.24, 2.45) is 5.92 Å². The van der Waals surface area contributed by atoms with Crippen molar-refractivity contribution in [1.82, 2.24) is 10.2 Å². The quantitative estimate of drug-likeness (QED) is 0.783. The highest BCUT2D eigenvalue weighted by Crippen LogP contribution is 2.19. The number of carbonyl (C=O) groups is 1. The van der Waals surface area contributed by atoms with Gasteiger partial charge in [-0.1, -0.05) is 19.9 Å².